The summed E-state index contributed by atoms with van der Waals surface area (Å²) in [5.41, 5.74) is 6.73. The maximum Gasteiger partial charge on any atom is 0.224 e. The van der Waals surface area contributed by atoms with Crippen molar-refractivity contribution in [3.8, 4) is 0 Å². The minimum absolute atomic E-state index is 0.0678. The first-order chi connectivity index (χ1) is 8.63. The van der Waals surface area contributed by atoms with E-state index in [0.717, 1.165) is 13.0 Å². The average molecular weight is 271 g/mol. The summed E-state index contributed by atoms with van der Waals surface area (Å²) in [5, 5.41) is 3.20. The van der Waals surface area contributed by atoms with Crippen LogP contribution in [0.2, 0.25) is 5.02 Å². The Balaban J connectivity index is 2.31. The number of nitrogen functional groups attached to an aromatic ring is 1. The fraction of sp³-hybridized carbons (Fsp3) is 0.462. The first-order valence-electron chi connectivity index (χ1n) is 6.06. The highest BCUT2D eigenvalue weighted by atomic mass is 35.5. The van der Waals surface area contributed by atoms with Crippen molar-refractivity contribution in [3.63, 3.8) is 0 Å². The van der Waals surface area contributed by atoms with Gasteiger partial charge in [0.2, 0.25) is 5.91 Å². The van der Waals surface area contributed by atoms with Crippen LogP contribution < -0.4 is 11.1 Å². The van der Waals surface area contributed by atoms with E-state index >= 15 is 0 Å². The zero-order valence-corrected chi connectivity index (χ0v) is 11.3. The second kappa shape index (κ2) is 7.95. The van der Waals surface area contributed by atoms with Crippen LogP contribution in [0.1, 0.15) is 26.2 Å². The molecule has 5 heteroatoms. The molecule has 0 aliphatic carbocycles. The van der Waals surface area contributed by atoms with Crippen molar-refractivity contribution in [2.75, 3.05) is 24.3 Å². The number of ether oxygens (including phenoxy) is 1. The summed E-state index contributed by atoms with van der Waals surface area (Å²) in [7, 11) is 0. The lowest BCUT2D eigenvalue weighted by Crippen LogP contribution is -2.12. The first-order valence-corrected chi connectivity index (χ1v) is 6.44. The third kappa shape index (κ3) is 5.38. The molecule has 18 heavy (non-hydrogen) atoms. The molecule has 1 aromatic carbocycles. The predicted molar refractivity (Wildman–Crippen MR) is 74.8 cm³/mol. The van der Waals surface area contributed by atoms with Crippen LogP contribution in [0.3, 0.4) is 0 Å². The van der Waals surface area contributed by atoms with Crippen LogP contribution >= 0.6 is 11.6 Å². The first kappa shape index (κ1) is 14.8. The van der Waals surface area contributed by atoms with Crippen molar-refractivity contribution in [3.05, 3.63) is 23.2 Å². The molecule has 100 valence electrons. The van der Waals surface area contributed by atoms with Gasteiger partial charge >= 0.3 is 0 Å². The highest BCUT2D eigenvalue weighted by molar-refractivity contribution is 6.34. The van der Waals surface area contributed by atoms with Crippen molar-refractivity contribution in [2.24, 2.45) is 0 Å². The number of anilines is 2. The molecule has 1 rings (SSSR count). The smallest absolute Gasteiger partial charge is 0.224 e. The van der Waals surface area contributed by atoms with E-state index in [2.05, 4.69) is 12.2 Å². The third-order valence-corrected chi connectivity index (χ3v) is 2.62. The van der Waals surface area contributed by atoms with Crippen LogP contribution in [0.4, 0.5) is 11.4 Å². The molecule has 1 aromatic rings. The zero-order valence-electron chi connectivity index (χ0n) is 10.5. The van der Waals surface area contributed by atoms with Gasteiger partial charge in [0, 0.05) is 25.3 Å². The van der Waals surface area contributed by atoms with E-state index in [1.807, 2.05) is 0 Å². The molecule has 4 nitrogen and oxygen atoms in total. The monoisotopic (exact) mass is 270 g/mol. The topological polar surface area (TPSA) is 64.3 Å². The molecule has 0 unspecified atom stereocenters. The van der Waals surface area contributed by atoms with E-state index in [1.54, 1.807) is 18.2 Å². The van der Waals surface area contributed by atoms with E-state index in [1.165, 1.54) is 0 Å². The summed E-state index contributed by atoms with van der Waals surface area (Å²) in [6, 6.07) is 5.01. The Morgan fingerprint density at radius 2 is 2.22 bits per heavy atom. The van der Waals surface area contributed by atoms with E-state index in [4.69, 9.17) is 22.1 Å². The Hall–Kier alpha value is -1.26. The van der Waals surface area contributed by atoms with Gasteiger partial charge in [-0.05, 0) is 31.0 Å². The third-order valence-electron chi connectivity index (χ3n) is 2.31. The number of rotatable bonds is 7. The number of carbonyl (C=O) groups is 1. The zero-order chi connectivity index (χ0) is 13.4. The van der Waals surface area contributed by atoms with Gasteiger partial charge in [0.25, 0.3) is 0 Å². The predicted octanol–water partition coefficient (Wildman–Crippen LogP) is 3.07. The van der Waals surface area contributed by atoms with Gasteiger partial charge in [-0.3, -0.25) is 4.79 Å². The second-order valence-corrected chi connectivity index (χ2v) is 4.41. The lowest BCUT2D eigenvalue weighted by Gasteiger charge is -2.08. The molecule has 0 bridgehead atoms. The van der Waals surface area contributed by atoms with Gasteiger partial charge in [0.1, 0.15) is 0 Å². The summed E-state index contributed by atoms with van der Waals surface area (Å²) in [6.45, 7) is 3.40. The average Bonchev–Trinajstić information content (AvgIpc) is 2.32. The minimum Gasteiger partial charge on any atom is -0.399 e. The molecule has 0 saturated carbocycles. The molecule has 0 heterocycles. The van der Waals surface area contributed by atoms with Crippen LogP contribution in [-0.2, 0) is 9.53 Å². The Bertz CT molecular complexity index is 397. The van der Waals surface area contributed by atoms with E-state index in [9.17, 15) is 4.79 Å². The number of benzene rings is 1. The summed E-state index contributed by atoms with van der Waals surface area (Å²) >= 11 is 5.96. The number of amides is 1. The van der Waals surface area contributed by atoms with Gasteiger partial charge in [-0.25, -0.2) is 0 Å². The fourth-order valence-electron chi connectivity index (χ4n) is 1.43. The van der Waals surface area contributed by atoms with Crippen molar-refractivity contribution in [1.29, 1.82) is 0 Å². The van der Waals surface area contributed by atoms with Gasteiger partial charge in [-0.15, -0.1) is 0 Å². The molecule has 3 N–H and O–H groups in total. The summed E-state index contributed by atoms with van der Waals surface area (Å²) in [4.78, 5) is 11.6. The van der Waals surface area contributed by atoms with Crippen LogP contribution in [-0.4, -0.2) is 19.1 Å². The van der Waals surface area contributed by atoms with Gasteiger partial charge in [-0.1, -0.05) is 18.5 Å². The van der Waals surface area contributed by atoms with Crippen molar-refractivity contribution >= 4 is 28.9 Å². The molecule has 0 aliphatic heterocycles. The molecule has 0 saturated heterocycles. The molecule has 0 aromatic heterocycles. The minimum atomic E-state index is -0.0678. The fourth-order valence-corrected chi connectivity index (χ4v) is 1.66. The lowest BCUT2D eigenvalue weighted by atomic mass is 10.2. The van der Waals surface area contributed by atoms with Gasteiger partial charge in [-0.2, -0.15) is 0 Å². The number of carbonyl (C=O) groups excluding carboxylic acids is 1. The highest BCUT2D eigenvalue weighted by Crippen LogP contribution is 2.24. The SMILES string of the molecule is CCCOCCCC(=O)Nc1ccc(N)cc1Cl. The van der Waals surface area contributed by atoms with Crippen LogP contribution in [0.25, 0.3) is 0 Å². The number of hydrogen-bond donors (Lipinski definition) is 2. The molecule has 0 fully saturated rings. The quantitative estimate of drug-likeness (QED) is 0.591. The normalized spacial score (nSPS) is 10.3. The number of halogens is 1. The maximum absolute atomic E-state index is 11.6. The van der Waals surface area contributed by atoms with Crippen LogP contribution in [0.15, 0.2) is 18.2 Å². The molecule has 1 amide bonds. The Morgan fingerprint density at radius 1 is 1.44 bits per heavy atom. The van der Waals surface area contributed by atoms with Crippen molar-refractivity contribution < 1.29 is 9.53 Å². The standard InChI is InChI=1S/C13H19ClN2O2/c1-2-7-18-8-3-4-13(17)16-12-6-5-10(15)9-11(12)14/h5-6,9H,2-4,7-8,15H2,1H3,(H,16,17). The summed E-state index contributed by atoms with van der Waals surface area (Å²) in [5.74, 6) is -0.0678. The molecule has 0 radical (unpaired) electrons. The van der Waals surface area contributed by atoms with Crippen molar-refractivity contribution in [2.45, 2.75) is 26.2 Å². The van der Waals surface area contributed by atoms with Crippen LogP contribution in [0, 0.1) is 0 Å². The number of hydrogen-bond acceptors (Lipinski definition) is 3. The van der Waals surface area contributed by atoms with Crippen molar-refractivity contribution in [1.82, 2.24) is 0 Å². The summed E-state index contributed by atoms with van der Waals surface area (Å²) < 4.78 is 5.30. The lowest BCUT2D eigenvalue weighted by molar-refractivity contribution is -0.116. The Morgan fingerprint density at radius 3 is 2.89 bits per heavy atom. The molecule has 0 spiro atoms. The molecule has 0 atom stereocenters. The molecule has 0 aliphatic rings. The van der Waals surface area contributed by atoms with E-state index < -0.39 is 0 Å². The van der Waals surface area contributed by atoms with E-state index in [0.29, 0.717) is 35.8 Å². The van der Waals surface area contributed by atoms with Gasteiger partial charge < -0.3 is 15.8 Å². The molecular weight excluding hydrogens is 252 g/mol. The largest absolute Gasteiger partial charge is 0.399 e. The number of nitrogens with two attached hydrogens (primary N) is 1. The maximum atomic E-state index is 11.6. The Kier molecular flexibility index (Phi) is 6.54. The number of nitrogens with one attached hydrogen (secondary N) is 1. The van der Waals surface area contributed by atoms with Gasteiger partial charge in [0.15, 0.2) is 0 Å². The van der Waals surface area contributed by atoms with Crippen LogP contribution in [0.5, 0.6) is 0 Å². The highest BCUT2D eigenvalue weighted by Gasteiger charge is 2.05. The summed E-state index contributed by atoms with van der Waals surface area (Å²) in [6.07, 6.45) is 2.12. The van der Waals surface area contributed by atoms with E-state index in [-0.39, 0.29) is 5.91 Å². The second-order valence-electron chi connectivity index (χ2n) is 4.00. The Labute approximate surface area is 112 Å². The molecular formula is C13H19ClN2O2. The van der Waals surface area contributed by atoms with Gasteiger partial charge in [0.05, 0.1) is 10.7 Å².